The van der Waals surface area contributed by atoms with Crippen molar-refractivity contribution in [3.05, 3.63) is 48.6 Å². The van der Waals surface area contributed by atoms with E-state index < -0.39 is 0 Å². The van der Waals surface area contributed by atoms with Gasteiger partial charge in [-0.15, -0.1) is 6.58 Å². The number of esters is 1. The van der Waals surface area contributed by atoms with Crippen LogP contribution in [0.15, 0.2) is 43.0 Å². The van der Waals surface area contributed by atoms with Crippen LogP contribution in [0, 0.1) is 11.8 Å². The van der Waals surface area contributed by atoms with E-state index in [2.05, 4.69) is 11.9 Å². The molecule has 0 saturated carbocycles. The molecule has 0 spiro atoms. The average molecular weight is 273 g/mol. The number of allylic oxidation sites excluding steroid dienone is 1. The highest BCUT2D eigenvalue weighted by atomic mass is 16.5. The zero-order chi connectivity index (χ0) is 14.4. The van der Waals surface area contributed by atoms with E-state index >= 15 is 0 Å². The van der Waals surface area contributed by atoms with Crippen LogP contribution in [0.4, 0.5) is 0 Å². The van der Waals surface area contributed by atoms with Crippen molar-refractivity contribution in [2.75, 3.05) is 19.7 Å². The molecular formula is C16H19NO3. The van der Waals surface area contributed by atoms with E-state index in [1.165, 1.54) is 0 Å². The number of carbonyl (C=O) groups excluding carboxylic acids is 2. The van der Waals surface area contributed by atoms with Gasteiger partial charge in [0.05, 0.1) is 5.92 Å². The van der Waals surface area contributed by atoms with Gasteiger partial charge in [0, 0.05) is 12.1 Å². The van der Waals surface area contributed by atoms with Gasteiger partial charge < -0.3 is 10.1 Å². The summed E-state index contributed by atoms with van der Waals surface area (Å²) in [7, 11) is 0. The normalized spacial score (nSPS) is 21.4. The fraction of sp³-hybridized carbons (Fsp3) is 0.375. The highest BCUT2D eigenvalue weighted by Crippen LogP contribution is 2.22. The number of carbonyl (C=O) groups is 2. The maximum absolute atomic E-state index is 12.0. The molecule has 1 fully saturated rings. The molecule has 1 aromatic rings. The van der Waals surface area contributed by atoms with Gasteiger partial charge in [0.25, 0.3) is 0 Å². The van der Waals surface area contributed by atoms with Crippen molar-refractivity contribution < 1.29 is 14.3 Å². The van der Waals surface area contributed by atoms with Crippen molar-refractivity contribution in [3.8, 4) is 0 Å². The van der Waals surface area contributed by atoms with Crippen molar-refractivity contribution >= 4 is 11.8 Å². The summed E-state index contributed by atoms with van der Waals surface area (Å²) in [6.07, 6.45) is 2.59. The molecule has 0 amide bonds. The molecule has 4 nitrogen and oxygen atoms in total. The van der Waals surface area contributed by atoms with Crippen LogP contribution in [-0.4, -0.2) is 31.4 Å². The van der Waals surface area contributed by atoms with Crippen LogP contribution < -0.4 is 5.32 Å². The van der Waals surface area contributed by atoms with Crippen LogP contribution in [0.25, 0.3) is 0 Å². The zero-order valence-corrected chi connectivity index (χ0v) is 11.4. The second-order valence-corrected chi connectivity index (χ2v) is 4.95. The first kappa shape index (κ1) is 14.5. The molecule has 1 heterocycles. The van der Waals surface area contributed by atoms with E-state index in [-0.39, 0.29) is 30.2 Å². The van der Waals surface area contributed by atoms with E-state index in [0.717, 1.165) is 13.0 Å². The molecule has 1 aromatic carbocycles. The fourth-order valence-electron chi connectivity index (χ4n) is 2.42. The molecule has 106 valence electrons. The molecule has 1 saturated heterocycles. The average Bonchev–Trinajstić information content (AvgIpc) is 2.94. The monoisotopic (exact) mass is 273 g/mol. The second-order valence-electron chi connectivity index (χ2n) is 4.95. The molecule has 2 rings (SSSR count). The summed E-state index contributed by atoms with van der Waals surface area (Å²) in [5, 5.41) is 3.17. The molecular weight excluding hydrogens is 254 g/mol. The third kappa shape index (κ3) is 3.54. The van der Waals surface area contributed by atoms with E-state index in [1.807, 2.05) is 12.1 Å². The molecule has 0 bridgehead atoms. The van der Waals surface area contributed by atoms with Crippen LogP contribution in [0.5, 0.6) is 0 Å². The minimum atomic E-state index is -0.300. The summed E-state index contributed by atoms with van der Waals surface area (Å²) in [4.78, 5) is 23.9. The Morgan fingerprint density at radius 2 is 2.05 bits per heavy atom. The molecule has 20 heavy (non-hydrogen) atoms. The first-order valence-corrected chi connectivity index (χ1v) is 6.79. The van der Waals surface area contributed by atoms with Gasteiger partial charge >= 0.3 is 5.97 Å². The molecule has 1 aliphatic heterocycles. The van der Waals surface area contributed by atoms with Crippen molar-refractivity contribution in [1.29, 1.82) is 0 Å². The van der Waals surface area contributed by atoms with Crippen molar-refractivity contribution in [2.45, 2.75) is 6.42 Å². The molecule has 0 radical (unpaired) electrons. The Labute approximate surface area is 118 Å². The summed E-state index contributed by atoms with van der Waals surface area (Å²) in [6, 6.07) is 8.85. The zero-order valence-electron chi connectivity index (χ0n) is 11.4. The van der Waals surface area contributed by atoms with Gasteiger partial charge in [-0.3, -0.25) is 9.59 Å². The summed E-state index contributed by atoms with van der Waals surface area (Å²) < 4.78 is 5.16. The number of nitrogens with one attached hydrogen (secondary N) is 1. The Morgan fingerprint density at radius 1 is 1.30 bits per heavy atom. The molecule has 4 heteroatoms. The molecule has 2 atom stereocenters. The predicted molar refractivity (Wildman–Crippen MR) is 76.4 cm³/mol. The van der Waals surface area contributed by atoms with Crippen molar-refractivity contribution in [1.82, 2.24) is 5.32 Å². The second kappa shape index (κ2) is 7.01. The minimum absolute atomic E-state index is 0.176. The van der Waals surface area contributed by atoms with Crippen LogP contribution in [0.2, 0.25) is 0 Å². The maximum atomic E-state index is 12.0. The van der Waals surface area contributed by atoms with Gasteiger partial charge in [-0.25, -0.2) is 0 Å². The molecule has 1 N–H and O–H groups in total. The number of hydrogen-bond acceptors (Lipinski definition) is 4. The largest absolute Gasteiger partial charge is 0.457 e. The molecule has 1 aliphatic rings. The van der Waals surface area contributed by atoms with Crippen LogP contribution in [-0.2, 0) is 9.53 Å². The molecule has 0 aliphatic carbocycles. The number of Topliss-reactive ketones (excluding diaryl/α,β-unsaturated/α-hetero) is 1. The highest BCUT2D eigenvalue weighted by Gasteiger charge is 2.33. The third-order valence-corrected chi connectivity index (χ3v) is 3.55. The smallest absolute Gasteiger partial charge is 0.311 e. The Hall–Kier alpha value is -1.94. The third-order valence-electron chi connectivity index (χ3n) is 3.55. The summed E-state index contributed by atoms with van der Waals surface area (Å²) in [5.74, 6) is -0.445. The topological polar surface area (TPSA) is 55.4 Å². The van der Waals surface area contributed by atoms with Crippen molar-refractivity contribution in [2.24, 2.45) is 11.8 Å². The predicted octanol–water partition coefficient (Wildman–Crippen LogP) is 1.82. The quantitative estimate of drug-likeness (QED) is 0.488. The standard InChI is InChI=1S/C16H19NO3/c1-2-6-13-9-17-10-14(13)16(19)20-11-15(18)12-7-4-3-5-8-12/h2-5,7-8,13-14,17H,1,6,9-11H2/t13-,14+/m0/s1. The van der Waals surface area contributed by atoms with Crippen LogP contribution >= 0.6 is 0 Å². The van der Waals surface area contributed by atoms with Crippen LogP contribution in [0.3, 0.4) is 0 Å². The lowest BCUT2D eigenvalue weighted by molar-refractivity contribution is -0.148. The minimum Gasteiger partial charge on any atom is -0.457 e. The van der Waals surface area contributed by atoms with Gasteiger partial charge in [0.2, 0.25) is 0 Å². The molecule has 0 unspecified atom stereocenters. The summed E-state index contributed by atoms with van der Waals surface area (Å²) in [5.41, 5.74) is 0.562. The number of benzene rings is 1. The maximum Gasteiger partial charge on any atom is 0.311 e. The SMILES string of the molecule is C=CC[C@H]1CNC[C@H]1C(=O)OCC(=O)c1ccccc1. The summed E-state index contributed by atoms with van der Waals surface area (Å²) in [6.45, 7) is 4.90. The lowest BCUT2D eigenvalue weighted by Crippen LogP contribution is -2.27. The number of rotatable bonds is 6. The van der Waals surface area contributed by atoms with Gasteiger partial charge in [0.1, 0.15) is 0 Å². The van der Waals surface area contributed by atoms with E-state index in [0.29, 0.717) is 12.1 Å². The molecule has 0 aromatic heterocycles. The fourth-order valence-corrected chi connectivity index (χ4v) is 2.42. The van der Waals surface area contributed by atoms with Gasteiger partial charge in [-0.2, -0.15) is 0 Å². The lowest BCUT2D eigenvalue weighted by atomic mass is 9.93. The van der Waals surface area contributed by atoms with Gasteiger partial charge in [-0.1, -0.05) is 36.4 Å². The Balaban J connectivity index is 1.86. The lowest BCUT2D eigenvalue weighted by Gasteiger charge is -2.15. The first-order chi connectivity index (χ1) is 9.72. The summed E-state index contributed by atoms with van der Waals surface area (Å²) >= 11 is 0. The highest BCUT2D eigenvalue weighted by molar-refractivity contribution is 5.97. The van der Waals surface area contributed by atoms with Crippen molar-refractivity contribution in [3.63, 3.8) is 0 Å². The van der Waals surface area contributed by atoms with Gasteiger partial charge in [0.15, 0.2) is 12.4 Å². The van der Waals surface area contributed by atoms with E-state index in [4.69, 9.17) is 4.74 Å². The number of ketones is 1. The number of hydrogen-bond donors (Lipinski definition) is 1. The number of ether oxygens (including phenoxy) is 1. The van der Waals surface area contributed by atoms with Gasteiger partial charge in [-0.05, 0) is 18.9 Å². The first-order valence-electron chi connectivity index (χ1n) is 6.79. The Kier molecular flexibility index (Phi) is 5.07. The Morgan fingerprint density at radius 3 is 2.75 bits per heavy atom. The Bertz CT molecular complexity index is 484. The van der Waals surface area contributed by atoms with E-state index in [9.17, 15) is 9.59 Å². The van der Waals surface area contributed by atoms with E-state index in [1.54, 1.807) is 24.3 Å². The van der Waals surface area contributed by atoms with Crippen LogP contribution in [0.1, 0.15) is 16.8 Å².